The maximum Gasteiger partial charge on any atom is 0.417 e. The first kappa shape index (κ1) is 6.80. The fourth-order valence-corrected chi connectivity index (χ4v) is 0.730. The van der Waals surface area contributed by atoms with Crippen LogP contribution >= 0.6 is 0 Å². The van der Waals surface area contributed by atoms with Gasteiger partial charge in [-0.25, -0.2) is 4.79 Å². The Bertz CT molecular complexity index is 283. The lowest BCUT2D eigenvalue weighted by Gasteiger charge is -1.84. The number of carbonyl (C=O) groups is 1. The molecule has 1 aromatic rings. The highest BCUT2D eigenvalue weighted by atomic mass is 16.4. The van der Waals surface area contributed by atoms with E-state index in [-0.39, 0.29) is 5.69 Å². The third kappa shape index (κ3) is 1.00. The topological polar surface area (TPSA) is 63.1 Å². The maximum absolute atomic E-state index is 10.4. The standard InChI is InChI=1S/C6H7NO3/c1-2-5-4(3-8)7-6(9)10-5/h3H,2H2,1H3,(H,7,9). The van der Waals surface area contributed by atoms with Gasteiger partial charge in [-0.15, -0.1) is 0 Å². The Morgan fingerprint density at radius 2 is 2.40 bits per heavy atom. The number of H-pyrrole nitrogens is 1. The number of aryl methyl sites for hydroxylation is 1. The molecule has 0 aromatic carbocycles. The van der Waals surface area contributed by atoms with E-state index in [0.717, 1.165) is 0 Å². The lowest BCUT2D eigenvalue weighted by Crippen LogP contribution is -1.95. The molecule has 10 heavy (non-hydrogen) atoms. The molecule has 0 unspecified atom stereocenters. The lowest BCUT2D eigenvalue weighted by molar-refractivity contribution is 0.111. The van der Waals surface area contributed by atoms with Crippen molar-refractivity contribution < 1.29 is 9.21 Å². The smallest absolute Gasteiger partial charge is 0.412 e. The molecule has 0 aliphatic heterocycles. The van der Waals surface area contributed by atoms with Gasteiger partial charge in [0.15, 0.2) is 6.29 Å². The maximum atomic E-state index is 10.4. The number of aromatic nitrogens is 1. The van der Waals surface area contributed by atoms with E-state index in [1.54, 1.807) is 6.92 Å². The van der Waals surface area contributed by atoms with E-state index in [9.17, 15) is 9.59 Å². The van der Waals surface area contributed by atoms with Crippen LogP contribution in [-0.2, 0) is 6.42 Å². The molecule has 0 spiro atoms. The number of hydrogen-bond acceptors (Lipinski definition) is 3. The first-order chi connectivity index (χ1) is 4.77. The number of carbonyl (C=O) groups excluding carboxylic acids is 1. The molecule has 1 heterocycles. The second-order valence-corrected chi connectivity index (χ2v) is 1.82. The van der Waals surface area contributed by atoms with Crippen LogP contribution < -0.4 is 5.76 Å². The normalized spacial score (nSPS) is 9.70. The van der Waals surface area contributed by atoms with Crippen LogP contribution in [0, 0.1) is 0 Å². The van der Waals surface area contributed by atoms with Gasteiger partial charge in [-0.1, -0.05) is 6.92 Å². The van der Waals surface area contributed by atoms with Crippen LogP contribution in [0.1, 0.15) is 23.2 Å². The van der Waals surface area contributed by atoms with Crippen molar-refractivity contribution in [2.45, 2.75) is 13.3 Å². The van der Waals surface area contributed by atoms with Crippen molar-refractivity contribution in [2.24, 2.45) is 0 Å². The zero-order chi connectivity index (χ0) is 7.56. The highest BCUT2D eigenvalue weighted by Gasteiger charge is 2.04. The highest BCUT2D eigenvalue weighted by molar-refractivity contribution is 5.72. The Labute approximate surface area is 56.9 Å². The van der Waals surface area contributed by atoms with Crippen molar-refractivity contribution in [2.75, 3.05) is 0 Å². The third-order valence-corrected chi connectivity index (χ3v) is 1.19. The van der Waals surface area contributed by atoms with E-state index in [0.29, 0.717) is 18.5 Å². The molecule has 1 aromatic heterocycles. The number of oxazole rings is 1. The summed E-state index contributed by atoms with van der Waals surface area (Å²) in [4.78, 5) is 22.9. The Hall–Kier alpha value is -1.32. The fourth-order valence-electron chi connectivity index (χ4n) is 0.730. The van der Waals surface area contributed by atoms with Crippen LogP contribution in [0.15, 0.2) is 9.21 Å². The minimum Gasteiger partial charge on any atom is -0.412 e. The molecule has 0 fully saturated rings. The summed E-state index contributed by atoms with van der Waals surface area (Å²) in [5, 5.41) is 0. The number of rotatable bonds is 2. The molecule has 0 amide bonds. The van der Waals surface area contributed by atoms with Crippen molar-refractivity contribution in [3.8, 4) is 0 Å². The summed E-state index contributed by atoms with van der Waals surface area (Å²) in [5.41, 5.74) is 0.243. The predicted octanol–water partition coefficient (Wildman–Crippen LogP) is 0.343. The number of aldehydes is 1. The van der Waals surface area contributed by atoms with Gasteiger partial charge in [0.05, 0.1) is 0 Å². The molecular formula is C6H7NO3. The van der Waals surface area contributed by atoms with E-state index in [1.165, 1.54) is 0 Å². The zero-order valence-electron chi connectivity index (χ0n) is 5.51. The van der Waals surface area contributed by atoms with E-state index < -0.39 is 5.76 Å². The molecule has 4 nitrogen and oxygen atoms in total. The van der Waals surface area contributed by atoms with Crippen LogP contribution in [0.4, 0.5) is 0 Å². The van der Waals surface area contributed by atoms with E-state index in [1.807, 2.05) is 0 Å². The van der Waals surface area contributed by atoms with Crippen molar-refractivity contribution in [1.82, 2.24) is 4.98 Å². The lowest BCUT2D eigenvalue weighted by atomic mass is 10.3. The Morgan fingerprint density at radius 1 is 1.70 bits per heavy atom. The second-order valence-electron chi connectivity index (χ2n) is 1.82. The van der Waals surface area contributed by atoms with Gasteiger partial charge >= 0.3 is 5.76 Å². The minimum atomic E-state index is -0.570. The van der Waals surface area contributed by atoms with Gasteiger partial charge in [-0.2, -0.15) is 0 Å². The quantitative estimate of drug-likeness (QED) is 0.604. The van der Waals surface area contributed by atoms with E-state index in [2.05, 4.69) is 9.40 Å². The summed E-state index contributed by atoms with van der Waals surface area (Å²) in [6.07, 6.45) is 1.12. The molecule has 0 saturated carbocycles. The van der Waals surface area contributed by atoms with Crippen LogP contribution in [-0.4, -0.2) is 11.3 Å². The van der Waals surface area contributed by atoms with Crippen LogP contribution in [0.5, 0.6) is 0 Å². The highest BCUT2D eigenvalue weighted by Crippen LogP contribution is 1.99. The summed E-state index contributed by atoms with van der Waals surface area (Å²) in [7, 11) is 0. The summed E-state index contributed by atoms with van der Waals surface area (Å²) in [6, 6.07) is 0. The minimum absolute atomic E-state index is 0.243. The van der Waals surface area contributed by atoms with Gasteiger partial charge < -0.3 is 4.42 Å². The van der Waals surface area contributed by atoms with E-state index in [4.69, 9.17) is 0 Å². The van der Waals surface area contributed by atoms with Gasteiger partial charge in [-0.05, 0) is 0 Å². The van der Waals surface area contributed by atoms with Gasteiger partial charge in [0.2, 0.25) is 0 Å². The summed E-state index contributed by atoms with van der Waals surface area (Å²) in [5.74, 6) is -0.154. The summed E-state index contributed by atoms with van der Waals surface area (Å²) >= 11 is 0. The molecule has 0 aliphatic rings. The van der Waals surface area contributed by atoms with E-state index >= 15 is 0 Å². The monoisotopic (exact) mass is 141 g/mol. The largest absolute Gasteiger partial charge is 0.417 e. The fraction of sp³-hybridized carbons (Fsp3) is 0.333. The molecule has 0 radical (unpaired) electrons. The van der Waals surface area contributed by atoms with Crippen molar-refractivity contribution in [1.29, 1.82) is 0 Å². The first-order valence-electron chi connectivity index (χ1n) is 2.95. The second kappa shape index (κ2) is 2.51. The molecule has 1 rings (SSSR count). The number of aromatic amines is 1. The molecule has 0 bridgehead atoms. The van der Waals surface area contributed by atoms with Crippen molar-refractivity contribution in [3.05, 3.63) is 22.0 Å². The van der Waals surface area contributed by atoms with Crippen LogP contribution in [0.25, 0.3) is 0 Å². The molecular weight excluding hydrogens is 134 g/mol. The van der Waals surface area contributed by atoms with Gasteiger partial charge in [-0.3, -0.25) is 9.78 Å². The van der Waals surface area contributed by atoms with Gasteiger partial charge in [0, 0.05) is 6.42 Å². The summed E-state index contributed by atoms with van der Waals surface area (Å²) < 4.78 is 4.61. The zero-order valence-corrected chi connectivity index (χ0v) is 5.51. The van der Waals surface area contributed by atoms with Crippen molar-refractivity contribution >= 4 is 6.29 Å². The van der Waals surface area contributed by atoms with Crippen molar-refractivity contribution in [3.63, 3.8) is 0 Å². The Kier molecular flexibility index (Phi) is 1.71. The Balaban J connectivity index is 3.20. The van der Waals surface area contributed by atoms with Crippen LogP contribution in [0.2, 0.25) is 0 Å². The molecule has 0 aliphatic carbocycles. The Morgan fingerprint density at radius 3 is 2.80 bits per heavy atom. The predicted molar refractivity (Wildman–Crippen MR) is 34.1 cm³/mol. The average Bonchev–Trinajstić information content (AvgIpc) is 2.30. The van der Waals surface area contributed by atoms with Gasteiger partial charge in [0.1, 0.15) is 11.5 Å². The SMILES string of the molecule is CCc1oc(=O)[nH]c1C=O. The number of nitrogens with one attached hydrogen (secondary N) is 1. The van der Waals surface area contributed by atoms with Gasteiger partial charge in [0.25, 0.3) is 0 Å². The molecule has 54 valence electrons. The average molecular weight is 141 g/mol. The molecule has 0 atom stereocenters. The first-order valence-corrected chi connectivity index (χ1v) is 2.95. The summed E-state index contributed by atoms with van der Waals surface area (Å²) in [6.45, 7) is 1.80. The molecule has 1 N–H and O–H groups in total. The molecule has 0 saturated heterocycles. The van der Waals surface area contributed by atoms with Crippen LogP contribution in [0.3, 0.4) is 0 Å². The number of hydrogen-bond donors (Lipinski definition) is 1. The third-order valence-electron chi connectivity index (χ3n) is 1.19. The molecule has 4 heteroatoms.